The molecule has 0 fully saturated rings. The second-order valence-corrected chi connectivity index (χ2v) is 8.02. The predicted octanol–water partition coefficient (Wildman–Crippen LogP) is 6.99. The molecule has 1 aromatic carbocycles. The fourth-order valence-electron chi connectivity index (χ4n) is 3.47. The Labute approximate surface area is 151 Å². The summed E-state index contributed by atoms with van der Waals surface area (Å²) in [5.74, 6) is 0. The quantitative estimate of drug-likeness (QED) is 0.365. The van der Waals surface area contributed by atoms with Gasteiger partial charge in [0.2, 0.25) is 0 Å². The van der Waals surface area contributed by atoms with Gasteiger partial charge in [0, 0.05) is 11.5 Å². The number of nitrogens with two attached hydrogens (primary N) is 1. The summed E-state index contributed by atoms with van der Waals surface area (Å²) in [7, 11) is 0. The molecule has 0 amide bonds. The Kier molecular flexibility index (Phi) is 11.1. The lowest BCUT2D eigenvalue weighted by Crippen LogP contribution is -2.40. The molecule has 0 saturated carbocycles. The van der Waals surface area contributed by atoms with Gasteiger partial charge in [-0.1, -0.05) is 122 Å². The smallest absolute Gasteiger partial charge is 0.0131 e. The van der Waals surface area contributed by atoms with Gasteiger partial charge in [-0.2, -0.15) is 0 Å². The Balaban J connectivity index is 2.04. The van der Waals surface area contributed by atoms with Crippen LogP contribution in [0.4, 0.5) is 0 Å². The highest BCUT2D eigenvalue weighted by Crippen LogP contribution is 2.28. The first kappa shape index (κ1) is 21.2. The summed E-state index contributed by atoms with van der Waals surface area (Å²) in [4.78, 5) is 0. The molecule has 0 spiro atoms. The molecule has 1 atom stereocenters. The Morgan fingerprint density at radius 1 is 0.750 bits per heavy atom. The molecule has 1 nitrogen and oxygen atoms in total. The Bertz CT molecular complexity index is 396. The van der Waals surface area contributed by atoms with Crippen LogP contribution < -0.4 is 5.73 Å². The maximum absolute atomic E-state index is 6.50. The van der Waals surface area contributed by atoms with E-state index in [1.807, 2.05) is 0 Å². The van der Waals surface area contributed by atoms with E-state index < -0.39 is 0 Å². The van der Waals surface area contributed by atoms with E-state index in [2.05, 4.69) is 51.1 Å². The third-order valence-electron chi connectivity index (χ3n) is 5.56. The van der Waals surface area contributed by atoms with Crippen LogP contribution >= 0.6 is 0 Å². The lowest BCUT2D eigenvalue weighted by Gasteiger charge is -2.32. The van der Waals surface area contributed by atoms with Crippen molar-refractivity contribution in [2.45, 2.75) is 109 Å². The molecule has 0 aromatic heterocycles. The van der Waals surface area contributed by atoms with E-state index in [1.165, 1.54) is 76.2 Å². The Morgan fingerprint density at radius 2 is 1.21 bits per heavy atom. The fourth-order valence-corrected chi connectivity index (χ4v) is 3.47. The molecule has 1 heteroatoms. The van der Waals surface area contributed by atoms with Crippen molar-refractivity contribution < 1.29 is 0 Å². The van der Waals surface area contributed by atoms with E-state index in [0.29, 0.717) is 0 Å². The summed E-state index contributed by atoms with van der Waals surface area (Å²) in [6, 6.07) is 11.0. The highest BCUT2D eigenvalue weighted by molar-refractivity contribution is 5.25. The highest BCUT2D eigenvalue weighted by Gasteiger charge is 2.27. The monoisotopic (exact) mass is 331 g/mol. The molecule has 0 heterocycles. The largest absolute Gasteiger partial charge is 0.327 e. The van der Waals surface area contributed by atoms with Gasteiger partial charge in [0.05, 0.1) is 0 Å². The topological polar surface area (TPSA) is 26.0 Å². The van der Waals surface area contributed by atoms with Gasteiger partial charge in [0.25, 0.3) is 0 Å². The molecular formula is C23H41N. The van der Waals surface area contributed by atoms with Gasteiger partial charge >= 0.3 is 0 Å². The summed E-state index contributed by atoms with van der Waals surface area (Å²) in [5.41, 5.74) is 7.93. The molecule has 138 valence electrons. The number of benzene rings is 1. The first-order valence-corrected chi connectivity index (χ1v) is 10.4. The van der Waals surface area contributed by atoms with Crippen molar-refractivity contribution in [3.8, 4) is 0 Å². The molecule has 1 aromatic rings. The number of rotatable bonds is 14. The van der Waals surface area contributed by atoms with Gasteiger partial charge in [0.1, 0.15) is 0 Å². The second-order valence-electron chi connectivity index (χ2n) is 8.02. The third kappa shape index (κ3) is 8.33. The zero-order valence-electron chi connectivity index (χ0n) is 16.5. The summed E-state index contributed by atoms with van der Waals surface area (Å²) in [5, 5.41) is 0. The van der Waals surface area contributed by atoms with Gasteiger partial charge < -0.3 is 5.73 Å². The molecule has 2 N–H and O–H groups in total. The molecule has 0 aliphatic rings. The minimum Gasteiger partial charge on any atom is -0.327 e. The maximum Gasteiger partial charge on any atom is 0.0131 e. The van der Waals surface area contributed by atoms with Crippen LogP contribution in [0.2, 0.25) is 0 Å². The SMILES string of the molecule is CCCCCCCCCCCCCC(N)C(C)(C)c1ccccc1. The van der Waals surface area contributed by atoms with Crippen LogP contribution in [0.1, 0.15) is 103 Å². The molecular weight excluding hydrogens is 290 g/mol. The summed E-state index contributed by atoms with van der Waals surface area (Å²) in [6.45, 7) is 6.85. The number of hydrogen-bond donors (Lipinski definition) is 1. The van der Waals surface area contributed by atoms with Crippen molar-refractivity contribution in [2.24, 2.45) is 5.73 Å². The normalized spacial score (nSPS) is 13.2. The number of unbranched alkanes of at least 4 members (excludes halogenated alkanes) is 10. The molecule has 24 heavy (non-hydrogen) atoms. The lowest BCUT2D eigenvalue weighted by atomic mass is 9.76. The Morgan fingerprint density at radius 3 is 1.71 bits per heavy atom. The molecule has 1 unspecified atom stereocenters. The van der Waals surface area contributed by atoms with Gasteiger partial charge in [-0.05, 0) is 12.0 Å². The summed E-state index contributed by atoms with van der Waals surface area (Å²) in [6.07, 6.45) is 16.5. The zero-order chi connectivity index (χ0) is 17.7. The highest BCUT2D eigenvalue weighted by atomic mass is 14.7. The van der Waals surface area contributed by atoms with Gasteiger partial charge in [-0.3, -0.25) is 0 Å². The van der Waals surface area contributed by atoms with E-state index in [4.69, 9.17) is 5.73 Å². The van der Waals surface area contributed by atoms with Crippen molar-refractivity contribution in [1.82, 2.24) is 0 Å². The van der Waals surface area contributed by atoms with Crippen LogP contribution in [0.3, 0.4) is 0 Å². The molecule has 0 saturated heterocycles. The standard InChI is InChI=1S/C23H41N/c1-4-5-6-7-8-9-10-11-12-13-17-20-22(24)23(2,3)21-18-15-14-16-19-21/h14-16,18-19,22H,4-13,17,20,24H2,1-3H3. The molecule has 1 rings (SSSR count). The third-order valence-corrected chi connectivity index (χ3v) is 5.56. The van der Waals surface area contributed by atoms with E-state index in [1.54, 1.807) is 0 Å². The van der Waals surface area contributed by atoms with E-state index in [-0.39, 0.29) is 11.5 Å². The summed E-state index contributed by atoms with van der Waals surface area (Å²) < 4.78 is 0. The summed E-state index contributed by atoms with van der Waals surface area (Å²) >= 11 is 0. The van der Waals surface area contributed by atoms with Crippen molar-refractivity contribution in [1.29, 1.82) is 0 Å². The van der Waals surface area contributed by atoms with Gasteiger partial charge in [0.15, 0.2) is 0 Å². The van der Waals surface area contributed by atoms with Crippen molar-refractivity contribution >= 4 is 0 Å². The zero-order valence-corrected chi connectivity index (χ0v) is 16.5. The van der Waals surface area contributed by atoms with Crippen LogP contribution in [0, 0.1) is 0 Å². The minimum atomic E-state index is 0.0692. The predicted molar refractivity (Wildman–Crippen MR) is 109 cm³/mol. The van der Waals surface area contributed by atoms with Gasteiger partial charge in [-0.15, -0.1) is 0 Å². The van der Waals surface area contributed by atoms with Crippen molar-refractivity contribution in [3.63, 3.8) is 0 Å². The molecule has 0 bridgehead atoms. The first-order chi connectivity index (χ1) is 11.6. The second kappa shape index (κ2) is 12.5. The van der Waals surface area contributed by atoms with Crippen LogP contribution in [-0.2, 0) is 5.41 Å². The molecule has 0 aliphatic carbocycles. The number of hydrogen-bond acceptors (Lipinski definition) is 1. The fraction of sp³-hybridized carbons (Fsp3) is 0.739. The molecule has 0 aliphatic heterocycles. The van der Waals surface area contributed by atoms with E-state index in [9.17, 15) is 0 Å². The van der Waals surface area contributed by atoms with Gasteiger partial charge in [-0.25, -0.2) is 0 Å². The molecule has 0 radical (unpaired) electrons. The Hall–Kier alpha value is -0.820. The van der Waals surface area contributed by atoms with Crippen molar-refractivity contribution in [2.75, 3.05) is 0 Å². The van der Waals surface area contributed by atoms with Crippen LogP contribution in [0.15, 0.2) is 30.3 Å². The van der Waals surface area contributed by atoms with Crippen molar-refractivity contribution in [3.05, 3.63) is 35.9 Å². The average molecular weight is 332 g/mol. The minimum absolute atomic E-state index is 0.0692. The van der Waals surface area contributed by atoms with Crippen LogP contribution in [-0.4, -0.2) is 6.04 Å². The van der Waals surface area contributed by atoms with Crippen LogP contribution in [0.5, 0.6) is 0 Å². The van der Waals surface area contributed by atoms with Crippen LogP contribution in [0.25, 0.3) is 0 Å². The van der Waals surface area contributed by atoms with E-state index >= 15 is 0 Å². The maximum atomic E-state index is 6.50. The average Bonchev–Trinajstić information content (AvgIpc) is 2.60. The first-order valence-electron chi connectivity index (χ1n) is 10.4. The lowest BCUT2D eigenvalue weighted by molar-refractivity contribution is 0.375. The van der Waals surface area contributed by atoms with E-state index in [0.717, 1.165) is 6.42 Å².